The minimum atomic E-state index is -3.17. The van der Waals surface area contributed by atoms with Crippen LogP contribution in [0.1, 0.15) is 33.6 Å². The smallest absolute Gasteiger partial charge is 0.224 e. The summed E-state index contributed by atoms with van der Waals surface area (Å²) in [6.45, 7) is 7.24. The van der Waals surface area contributed by atoms with Crippen molar-refractivity contribution >= 4 is 15.9 Å². The Morgan fingerprint density at radius 1 is 1.44 bits per heavy atom. The Hall–Kier alpha value is -0.620. The van der Waals surface area contributed by atoms with Crippen molar-refractivity contribution in [3.8, 4) is 0 Å². The zero-order valence-corrected chi connectivity index (χ0v) is 12.3. The molecule has 1 rings (SSSR count). The van der Waals surface area contributed by atoms with Gasteiger partial charge in [0, 0.05) is 19.6 Å². The van der Waals surface area contributed by atoms with Gasteiger partial charge in [-0.2, -0.15) is 0 Å². The predicted molar refractivity (Wildman–Crippen MR) is 71.6 cm³/mol. The molecule has 0 aromatic carbocycles. The number of amides is 1. The minimum Gasteiger partial charge on any atom is -0.356 e. The molecule has 0 radical (unpaired) electrons. The molecular formula is C12H24N2O3S. The van der Waals surface area contributed by atoms with Crippen LogP contribution in [0.25, 0.3) is 0 Å². The predicted octanol–water partition coefficient (Wildman–Crippen LogP) is 0.820. The van der Waals surface area contributed by atoms with Crippen LogP contribution in [0.15, 0.2) is 0 Å². The highest BCUT2D eigenvalue weighted by Crippen LogP contribution is 2.19. The van der Waals surface area contributed by atoms with Gasteiger partial charge in [-0.3, -0.25) is 4.79 Å². The van der Waals surface area contributed by atoms with E-state index in [0.717, 1.165) is 12.8 Å². The van der Waals surface area contributed by atoms with Crippen LogP contribution in [0, 0.1) is 11.8 Å². The first kappa shape index (κ1) is 15.4. The quantitative estimate of drug-likeness (QED) is 0.808. The lowest BCUT2D eigenvalue weighted by Crippen LogP contribution is -2.46. The first-order chi connectivity index (χ1) is 8.36. The molecule has 6 heteroatoms. The standard InChI is InChI=1S/C12H24N2O3S/c1-4-18(16,17)14-7-5-6-11(9-14)12(15)13-8-10(2)3/h10-11H,4-9H2,1-3H3,(H,13,15). The maximum Gasteiger partial charge on any atom is 0.224 e. The van der Waals surface area contributed by atoms with E-state index in [1.54, 1.807) is 6.92 Å². The van der Waals surface area contributed by atoms with Gasteiger partial charge in [0.15, 0.2) is 0 Å². The fraction of sp³-hybridized carbons (Fsp3) is 0.917. The first-order valence-corrected chi connectivity index (χ1v) is 8.23. The SMILES string of the molecule is CCS(=O)(=O)N1CCCC(C(=O)NCC(C)C)C1. The number of rotatable bonds is 5. The molecule has 1 fully saturated rings. The van der Waals surface area contributed by atoms with Crippen LogP contribution in [0.4, 0.5) is 0 Å². The summed E-state index contributed by atoms with van der Waals surface area (Å²) in [5.74, 6) is 0.305. The first-order valence-electron chi connectivity index (χ1n) is 6.62. The number of hydrogen-bond donors (Lipinski definition) is 1. The van der Waals surface area contributed by atoms with Gasteiger partial charge < -0.3 is 5.32 Å². The summed E-state index contributed by atoms with van der Waals surface area (Å²) in [4.78, 5) is 11.9. The van der Waals surface area contributed by atoms with E-state index in [2.05, 4.69) is 5.32 Å². The third kappa shape index (κ3) is 4.24. The molecule has 0 bridgehead atoms. The zero-order valence-electron chi connectivity index (χ0n) is 11.5. The van der Waals surface area contributed by atoms with E-state index >= 15 is 0 Å². The van der Waals surface area contributed by atoms with Crippen LogP contribution in [-0.4, -0.2) is 44.0 Å². The lowest BCUT2D eigenvalue weighted by molar-refractivity contribution is -0.126. The van der Waals surface area contributed by atoms with Crippen LogP contribution < -0.4 is 5.32 Å². The Kier molecular flexibility index (Phi) is 5.59. The summed E-state index contributed by atoms with van der Waals surface area (Å²) in [7, 11) is -3.17. The van der Waals surface area contributed by atoms with Crippen molar-refractivity contribution in [3.63, 3.8) is 0 Å². The normalized spacial score (nSPS) is 22.1. The second-order valence-corrected chi connectivity index (χ2v) is 7.49. The van der Waals surface area contributed by atoms with Crippen LogP contribution in [-0.2, 0) is 14.8 Å². The van der Waals surface area contributed by atoms with Gasteiger partial charge in [0.1, 0.15) is 0 Å². The molecule has 0 aromatic heterocycles. The summed E-state index contributed by atoms with van der Waals surface area (Å²) in [6.07, 6.45) is 1.54. The monoisotopic (exact) mass is 276 g/mol. The number of piperidine rings is 1. The van der Waals surface area contributed by atoms with E-state index in [1.165, 1.54) is 4.31 Å². The third-order valence-electron chi connectivity index (χ3n) is 3.20. The van der Waals surface area contributed by atoms with Crippen molar-refractivity contribution in [1.82, 2.24) is 9.62 Å². The van der Waals surface area contributed by atoms with E-state index in [1.807, 2.05) is 13.8 Å². The van der Waals surface area contributed by atoms with E-state index in [-0.39, 0.29) is 17.6 Å². The molecule has 1 aliphatic rings. The van der Waals surface area contributed by atoms with E-state index in [4.69, 9.17) is 0 Å². The minimum absolute atomic E-state index is 0.0142. The highest BCUT2D eigenvalue weighted by Gasteiger charge is 2.31. The van der Waals surface area contributed by atoms with Crippen molar-refractivity contribution in [1.29, 1.82) is 0 Å². The van der Waals surface area contributed by atoms with Crippen molar-refractivity contribution in [3.05, 3.63) is 0 Å². The highest BCUT2D eigenvalue weighted by molar-refractivity contribution is 7.89. The second kappa shape index (κ2) is 6.52. The number of carbonyl (C=O) groups is 1. The molecule has 1 aliphatic heterocycles. The van der Waals surface area contributed by atoms with Gasteiger partial charge in [0.2, 0.25) is 15.9 Å². The number of sulfonamides is 1. The molecule has 1 amide bonds. The molecule has 106 valence electrons. The summed E-state index contributed by atoms with van der Waals surface area (Å²) in [6, 6.07) is 0. The summed E-state index contributed by atoms with van der Waals surface area (Å²) >= 11 is 0. The Morgan fingerprint density at radius 2 is 2.11 bits per heavy atom. The van der Waals surface area contributed by atoms with Gasteiger partial charge in [-0.1, -0.05) is 13.8 Å². The molecule has 1 saturated heterocycles. The molecule has 18 heavy (non-hydrogen) atoms. The number of nitrogens with one attached hydrogen (secondary N) is 1. The maximum absolute atomic E-state index is 11.9. The summed E-state index contributed by atoms with van der Waals surface area (Å²) < 4.78 is 25.0. The third-order valence-corrected chi connectivity index (χ3v) is 5.05. The fourth-order valence-corrected chi connectivity index (χ4v) is 3.22. The molecule has 0 spiro atoms. The molecule has 5 nitrogen and oxygen atoms in total. The maximum atomic E-state index is 11.9. The summed E-state index contributed by atoms with van der Waals surface area (Å²) in [5, 5.41) is 2.88. The van der Waals surface area contributed by atoms with Crippen molar-refractivity contribution in [2.75, 3.05) is 25.4 Å². The second-order valence-electron chi connectivity index (χ2n) is 5.24. The van der Waals surface area contributed by atoms with Crippen molar-refractivity contribution in [2.45, 2.75) is 33.6 Å². The largest absolute Gasteiger partial charge is 0.356 e. The molecule has 1 N–H and O–H groups in total. The van der Waals surface area contributed by atoms with Gasteiger partial charge in [0.05, 0.1) is 11.7 Å². The Labute approximate surface area is 110 Å². The van der Waals surface area contributed by atoms with Crippen LogP contribution in [0.5, 0.6) is 0 Å². The molecule has 1 heterocycles. The van der Waals surface area contributed by atoms with Crippen molar-refractivity contribution in [2.24, 2.45) is 11.8 Å². The van der Waals surface area contributed by atoms with Gasteiger partial charge in [-0.05, 0) is 25.7 Å². The summed E-state index contributed by atoms with van der Waals surface area (Å²) in [5.41, 5.74) is 0. The average molecular weight is 276 g/mol. The van der Waals surface area contributed by atoms with E-state index < -0.39 is 10.0 Å². The van der Waals surface area contributed by atoms with E-state index in [0.29, 0.717) is 25.6 Å². The topological polar surface area (TPSA) is 66.5 Å². The van der Waals surface area contributed by atoms with Crippen LogP contribution in [0.2, 0.25) is 0 Å². The van der Waals surface area contributed by atoms with Gasteiger partial charge in [-0.15, -0.1) is 0 Å². The Balaban J connectivity index is 2.56. The van der Waals surface area contributed by atoms with Gasteiger partial charge in [-0.25, -0.2) is 12.7 Å². The lowest BCUT2D eigenvalue weighted by Gasteiger charge is -2.31. The van der Waals surface area contributed by atoms with Gasteiger partial charge in [0.25, 0.3) is 0 Å². The Bertz CT molecular complexity index is 379. The Morgan fingerprint density at radius 3 is 2.67 bits per heavy atom. The molecule has 0 saturated carbocycles. The van der Waals surface area contributed by atoms with E-state index in [9.17, 15) is 13.2 Å². The lowest BCUT2D eigenvalue weighted by atomic mass is 9.98. The zero-order chi connectivity index (χ0) is 13.8. The van der Waals surface area contributed by atoms with Crippen LogP contribution in [0.3, 0.4) is 0 Å². The molecule has 1 unspecified atom stereocenters. The average Bonchev–Trinajstić information content (AvgIpc) is 2.36. The van der Waals surface area contributed by atoms with Crippen molar-refractivity contribution < 1.29 is 13.2 Å². The number of carbonyl (C=O) groups excluding carboxylic acids is 1. The number of hydrogen-bond acceptors (Lipinski definition) is 3. The molecule has 1 atom stereocenters. The number of nitrogens with zero attached hydrogens (tertiary/aromatic N) is 1. The fourth-order valence-electron chi connectivity index (χ4n) is 2.04. The molecular weight excluding hydrogens is 252 g/mol. The molecule has 0 aromatic rings. The van der Waals surface area contributed by atoms with Gasteiger partial charge >= 0.3 is 0 Å². The van der Waals surface area contributed by atoms with Crippen LogP contribution >= 0.6 is 0 Å². The molecule has 0 aliphatic carbocycles. The highest BCUT2D eigenvalue weighted by atomic mass is 32.2.